The number of aromatic nitrogens is 2. The number of carbonyl (C=O) groups is 2. The number of nitrogens with one attached hydrogen (secondary N) is 2. The van der Waals surface area contributed by atoms with E-state index >= 15 is 0 Å². The topological polar surface area (TPSA) is 102 Å². The average molecular weight is 333 g/mol. The van der Waals surface area contributed by atoms with Gasteiger partial charge in [-0.3, -0.25) is 14.7 Å². The summed E-state index contributed by atoms with van der Waals surface area (Å²) in [6.07, 6.45) is 0.876. The predicted molar refractivity (Wildman–Crippen MR) is 79.1 cm³/mol. The molecule has 1 aromatic heterocycles. The Hall–Kier alpha value is -3.02. The summed E-state index contributed by atoms with van der Waals surface area (Å²) in [6.45, 7) is -1.25. The average Bonchev–Trinajstić information content (AvgIpc) is 3.14. The van der Waals surface area contributed by atoms with Gasteiger partial charge in [0.15, 0.2) is 0 Å². The third-order valence-corrected chi connectivity index (χ3v) is 3.84. The fourth-order valence-electron chi connectivity index (χ4n) is 2.64. The van der Waals surface area contributed by atoms with E-state index in [1.54, 1.807) is 30.5 Å². The summed E-state index contributed by atoms with van der Waals surface area (Å²) in [5.41, 5.74) is 1.08. The molecule has 24 heavy (non-hydrogen) atoms. The van der Waals surface area contributed by atoms with Crippen LogP contribution < -0.4 is 5.32 Å². The molecule has 0 aliphatic carbocycles. The third-order valence-electron chi connectivity index (χ3n) is 3.84. The van der Waals surface area contributed by atoms with Gasteiger partial charge in [0.2, 0.25) is 5.91 Å². The second kappa shape index (κ2) is 5.88. The maximum atomic E-state index is 13.3. The molecule has 2 amide bonds. The van der Waals surface area contributed by atoms with Crippen molar-refractivity contribution in [1.82, 2.24) is 20.4 Å². The normalized spacial score (nSPS) is 19.2. The number of aromatic amines is 1. The van der Waals surface area contributed by atoms with Crippen molar-refractivity contribution in [3.63, 3.8) is 0 Å². The van der Waals surface area contributed by atoms with Gasteiger partial charge in [-0.05, 0) is 18.2 Å². The highest BCUT2D eigenvalue weighted by atomic mass is 19.3. The number of halogens is 2. The Balaban J connectivity index is 1.63. The molecule has 1 fully saturated rings. The summed E-state index contributed by atoms with van der Waals surface area (Å²) < 4.78 is 26.7. The molecule has 3 rings (SSSR count). The Morgan fingerprint density at radius 2 is 2.29 bits per heavy atom. The number of amides is 2. The number of nitriles is 1. The van der Waals surface area contributed by atoms with Crippen molar-refractivity contribution in [1.29, 1.82) is 5.26 Å². The number of carbonyl (C=O) groups excluding carboxylic acids is 2. The van der Waals surface area contributed by atoms with E-state index in [1.807, 2.05) is 0 Å². The Kier molecular flexibility index (Phi) is 3.89. The highest BCUT2D eigenvalue weighted by Crippen LogP contribution is 2.31. The predicted octanol–water partition coefficient (Wildman–Crippen LogP) is 1.05. The summed E-state index contributed by atoms with van der Waals surface area (Å²) in [5.74, 6) is -4.30. The molecule has 1 aliphatic heterocycles. The van der Waals surface area contributed by atoms with E-state index in [0.29, 0.717) is 5.56 Å². The van der Waals surface area contributed by atoms with Gasteiger partial charge < -0.3 is 10.2 Å². The van der Waals surface area contributed by atoms with E-state index in [2.05, 4.69) is 15.5 Å². The Bertz CT molecular complexity index is 842. The van der Waals surface area contributed by atoms with Crippen molar-refractivity contribution in [2.24, 2.45) is 0 Å². The lowest BCUT2D eigenvalue weighted by molar-refractivity contribution is -0.131. The van der Waals surface area contributed by atoms with Crippen LogP contribution in [-0.2, 0) is 4.79 Å². The lowest BCUT2D eigenvalue weighted by atomic mass is 10.1. The molecular weight excluding hydrogens is 320 g/mol. The fraction of sp³-hybridized carbons (Fsp3) is 0.333. The van der Waals surface area contributed by atoms with Crippen LogP contribution in [0.25, 0.3) is 10.9 Å². The van der Waals surface area contributed by atoms with E-state index in [4.69, 9.17) is 5.26 Å². The largest absolute Gasteiger partial charge is 0.343 e. The number of nitrogens with zero attached hydrogens (tertiary/aromatic N) is 3. The molecule has 2 aromatic rings. The van der Waals surface area contributed by atoms with Crippen molar-refractivity contribution in [3.05, 3.63) is 30.0 Å². The van der Waals surface area contributed by atoms with Gasteiger partial charge in [0.05, 0.1) is 30.9 Å². The first-order chi connectivity index (χ1) is 11.4. The lowest BCUT2D eigenvalue weighted by Crippen LogP contribution is -2.42. The number of alkyl halides is 2. The molecule has 1 aliphatic rings. The van der Waals surface area contributed by atoms with Crippen molar-refractivity contribution in [2.45, 2.75) is 18.4 Å². The molecule has 0 saturated carbocycles. The number of H-pyrrole nitrogens is 1. The van der Waals surface area contributed by atoms with Crippen LogP contribution >= 0.6 is 0 Å². The van der Waals surface area contributed by atoms with Crippen molar-refractivity contribution in [3.8, 4) is 6.07 Å². The number of fused-ring (bicyclic) bond motifs is 1. The fourth-order valence-corrected chi connectivity index (χ4v) is 2.64. The van der Waals surface area contributed by atoms with Crippen LogP contribution in [0.1, 0.15) is 16.8 Å². The van der Waals surface area contributed by atoms with Gasteiger partial charge in [0.1, 0.15) is 6.04 Å². The molecule has 2 N–H and O–H groups in total. The first-order valence-corrected chi connectivity index (χ1v) is 7.18. The Morgan fingerprint density at radius 3 is 3.04 bits per heavy atom. The third kappa shape index (κ3) is 3.03. The van der Waals surface area contributed by atoms with E-state index < -0.39 is 43.3 Å². The van der Waals surface area contributed by atoms with Gasteiger partial charge in [0, 0.05) is 17.4 Å². The second-order valence-corrected chi connectivity index (χ2v) is 5.58. The number of hydrogen-bond acceptors (Lipinski definition) is 4. The Morgan fingerprint density at radius 1 is 1.50 bits per heavy atom. The molecule has 0 radical (unpaired) electrons. The minimum absolute atomic E-state index is 0.320. The van der Waals surface area contributed by atoms with Crippen molar-refractivity contribution < 1.29 is 18.4 Å². The number of likely N-dealkylation sites (tertiary alicyclic amines) is 1. The van der Waals surface area contributed by atoms with Crippen LogP contribution in [0, 0.1) is 11.3 Å². The van der Waals surface area contributed by atoms with Gasteiger partial charge in [-0.25, -0.2) is 8.78 Å². The zero-order chi connectivity index (χ0) is 17.3. The standard InChI is InChI=1S/C15H13F2N5O2/c16-15(17)4-11(5-18)22(8-15)13(23)7-19-14(24)9-1-2-12-10(3-9)6-20-21-12/h1-3,6,11H,4,7-8H2,(H,19,24)(H,20,21). The smallest absolute Gasteiger partial charge is 0.268 e. The molecule has 124 valence electrons. The van der Waals surface area contributed by atoms with E-state index in [0.717, 1.165) is 15.8 Å². The van der Waals surface area contributed by atoms with Crippen LogP contribution in [0.5, 0.6) is 0 Å². The minimum atomic E-state index is -3.08. The van der Waals surface area contributed by atoms with E-state index in [-0.39, 0.29) is 0 Å². The molecule has 0 bridgehead atoms. The molecular formula is C15H13F2N5O2. The van der Waals surface area contributed by atoms with Crippen LogP contribution in [0.4, 0.5) is 8.78 Å². The van der Waals surface area contributed by atoms with Gasteiger partial charge in [-0.2, -0.15) is 10.4 Å². The summed E-state index contributed by atoms with van der Waals surface area (Å²) in [5, 5.41) is 18.6. The van der Waals surface area contributed by atoms with Crippen LogP contribution in [-0.4, -0.2) is 52.0 Å². The van der Waals surface area contributed by atoms with Crippen molar-refractivity contribution in [2.75, 3.05) is 13.1 Å². The quantitative estimate of drug-likeness (QED) is 0.876. The number of hydrogen-bond donors (Lipinski definition) is 2. The molecule has 1 unspecified atom stereocenters. The maximum Gasteiger partial charge on any atom is 0.268 e. The highest BCUT2D eigenvalue weighted by Gasteiger charge is 2.47. The second-order valence-electron chi connectivity index (χ2n) is 5.58. The van der Waals surface area contributed by atoms with Gasteiger partial charge in [-0.1, -0.05) is 0 Å². The monoisotopic (exact) mass is 333 g/mol. The SMILES string of the molecule is N#CC1CC(F)(F)CN1C(=O)CNC(=O)c1ccc2[nH]ncc2c1. The van der Waals surface area contributed by atoms with Crippen LogP contribution in [0.3, 0.4) is 0 Å². The molecule has 9 heteroatoms. The molecule has 7 nitrogen and oxygen atoms in total. The van der Waals surface area contributed by atoms with E-state index in [9.17, 15) is 18.4 Å². The zero-order valence-electron chi connectivity index (χ0n) is 12.4. The molecule has 1 atom stereocenters. The summed E-state index contributed by atoms with van der Waals surface area (Å²) in [6, 6.07) is 5.34. The number of rotatable bonds is 3. The van der Waals surface area contributed by atoms with E-state index in [1.165, 1.54) is 0 Å². The number of benzene rings is 1. The Labute approximate surface area is 135 Å². The van der Waals surface area contributed by atoms with Gasteiger partial charge >= 0.3 is 0 Å². The molecule has 1 saturated heterocycles. The minimum Gasteiger partial charge on any atom is -0.343 e. The molecule has 2 heterocycles. The lowest BCUT2D eigenvalue weighted by Gasteiger charge is -2.19. The summed E-state index contributed by atoms with van der Waals surface area (Å²) in [7, 11) is 0. The zero-order valence-corrected chi connectivity index (χ0v) is 12.4. The first kappa shape index (κ1) is 15.9. The van der Waals surface area contributed by atoms with Gasteiger partial charge in [0.25, 0.3) is 11.8 Å². The van der Waals surface area contributed by atoms with Gasteiger partial charge in [-0.15, -0.1) is 0 Å². The molecule has 0 spiro atoms. The summed E-state index contributed by atoms with van der Waals surface area (Å²) >= 11 is 0. The molecule has 1 aromatic carbocycles. The first-order valence-electron chi connectivity index (χ1n) is 7.18. The maximum absolute atomic E-state index is 13.3. The van der Waals surface area contributed by atoms with Crippen molar-refractivity contribution >= 4 is 22.7 Å². The van der Waals surface area contributed by atoms with Crippen LogP contribution in [0.2, 0.25) is 0 Å². The van der Waals surface area contributed by atoms with Crippen LogP contribution in [0.15, 0.2) is 24.4 Å². The summed E-state index contributed by atoms with van der Waals surface area (Å²) in [4.78, 5) is 24.9. The highest BCUT2D eigenvalue weighted by molar-refractivity contribution is 5.99.